The molecule has 2 aromatic carbocycles. The van der Waals surface area contributed by atoms with E-state index < -0.39 is 5.72 Å². The number of hydroxylamine groups is 1. The van der Waals surface area contributed by atoms with Gasteiger partial charge in [-0.3, -0.25) is 4.79 Å². The Kier molecular flexibility index (Phi) is 4.92. The molecule has 0 atom stereocenters. The average Bonchev–Trinajstić information content (AvgIpc) is 3.17. The van der Waals surface area contributed by atoms with Crippen molar-refractivity contribution >= 4 is 11.7 Å². The van der Waals surface area contributed by atoms with Crippen molar-refractivity contribution in [1.82, 2.24) is 10.4 Å². The first-order valence-electron chi connectivity index (χ1n) is 9.25. The highest BCUT2D eigenvalue weighted by atomic mass is 16.7. The van der Waals surface area contributed by atoms with E-state index in [0.717, 1.165) is 11.4 Å². The summed E-state index contributed by atoms with van der Waals surface area (Å²) in [5.74, 6) is 1.65. The van der Waals surface area contributed by atoms with E-state index in [2.05, 4.69) is 5.48 Å². The number of methoxy groups -OCH3 is 2. The third-order valence-corrected chi connectivity index (χ3v) is 5.17. The molecule has 28 heavy (non-hydrogen) atoms. The molecule has 7 nitrogen and oxygen atoms in total. The molecule has 1 saturated heterocycles. The number of rotatable bonds is 4. The highest BCUT2D eigenvalue weighted by Crippen LogP contribution is 2.35. The predicted octanol–water partition coefficient (Wildman–Crippen LogP) is 2.62. The van der Waals surface area contributed by atoms with Crippen LogP contribution in [0.1, 0.15) is 28.8 Å². The fourth-order valence-electron chi connectivity index (χ4n) is 3.61. The Bertz CT molecular complexity index is 890. The fraction of sp³-hybridized carbons (Fsp3) is 0.333. The van der Waals surface area contributed by atoms with E-state index in [9.17, 15) is 4.79 Å². The lowest BCUT2D eigenvalue weighted by Crippen LogP contribution is -2.46. The van der Waals surface area contributed by atoms with Crippen molar-refractivity contribution in [2.45, 2.75) is 18.6 Å². The fourth-order valence-corrected chi connectivity index (χ4v) is 3.61. The molecule has 0 aromatic heterocycles. The molecule has 1 spiro atoms. The number of amidine groups is 1. The Labute approximate surface area is 163 Å². The van der Waals surface area contributed by atoms with Gasteiger partial charge in [-0.1, -0.05) is 36.4 Å². The van der Waals surface area contributed by atoms with Gasteiger partial charge in [0.25, 0.3) is 5.91 Å². The van der Waals surface area contributed by atoms with Crippen LogP contribution in [0.2, 0.25) is 0 Å². The molecule has 0 aliphatic carbocycles. The number of ether oxygens (including phenoxy) is 2. The first-order chi connectivity index (χ1) is 13.7. The number of aliphatic imine (C=N–C) groups is 1. The number of nitrogens with one attached hydrogen (secondary N) is 1. The molecule has 146 valence electrons. The standard InChI is InChI=1S/C21H23N3O4/c1-26-17-10-6-9-16(18(17)27-2)20(25)24-13-11-21(12-14-24)22-19(23-28-21)15-7-4-3-5-8-15/h3-10H,11-14H2,1-2H3,(H,22,23). The van der Waals surface area contributed by atoms with Gasteiger partial charge in [-0.25, -0.2) is 15.3 Å². The Morgan fingerprint density at radius 2 is 1.82 bits per heavy atom. The molecule has 1 N–H and O–H groups in total. The van der Waals surface area contributed by atoms with Crippen LogP contribution in [0.4, 0.5) is 0 Å². The molecule has 1 fully saturated rings. The Morgan fingerprint density at radius 3 is 2.50 bits per heavy atom. The van der Waals surface area contributed by atoms with Crippen LogP contribution in [0.15, 0.2) is 53.5 Å². The molecular formula is C21H23N3O4. The lowest BCUT2D eigenvalue weighted by molar-refractivity contribution is -0.0849. The molecule has 1 amide bonds. The summed E-state index contributed by atoms with van der Waals surface area (Å²) in [5.41, 5.74) is 3.81. The highest BCUT2D eigenvalue weighted by Gasteiger charge is 2.41. The van der Waals surface area contributed by atoms with E-state index in [1.54, 1.807) is 25.3 Å². The number of carbonyl (C=O) groups excluding carboxylic acids is 1. The lowest BCUT2D eigenvalue weighted by atomic mass is 10.00. The van der Waals surface area contributed by atoms with E-state index in [1.807, 2.05) is 35.2 Å². The van der Waals surface area contributed by atoms with E-state index in [0.29, 0.717) is 43.0 Å². The summed E-state index contributed by atoms with van der Waals surface area (Å²) in [5, 5.41) is 0. The largest absolute Gasteiger partial charge is 0.493 e. The molecule has 4 rings (SSSR count). The Hall–Kier alpha value is -3.06. The molecule has 0 radical (unpaired) electrons. The van der Waals surface area contributed by atoms with E-state index in [4.69, 9.17) is 19.3 Å². The molecule has 7 heteroatoms. The maximum absolute atomic E-state index is 13.0. The molecule has 0 saturated carbocycles. The Balaban J connectivity index is 1.48. The summed E-state index contributed by atoms with van der Waals surface area (Å²) in [4.78, 5) is 25.4. The SMILES string of the molecule is COc1cccc(C(=O)N2CCC3(CC2)N=C(c2ccccc2)NO3)c1OC. The van der Waals surface area contributed by atoms with Crippen molar-refractivity contribution in [3.8, 4) is 11.5 Å². The molecule has 0 bridgehead atoms. The molecule has 2 aromatic rings. The highest BCUT2D eigenvalue weighted by molar-refractivity contribution is 5.99. The molecule has 2 heterocycles. The van der Waals surface area contributed by atoms with Crippen molar-refractivity contribution in [1.29, 1.82) is 0 Å². The van der Waals surface area contributed by atoms with Gasteiger partial charge in [0.15, 0.2) is 23.1 Å². The topological polar surface area (TPSA) is 72.4 Å². The maximum atomic E-state index is 13.0. The zero-order chi connectivity index (χ0) is 19.6. The minimum Gasteiger partial charge on any atom is -0.493 e. The summed E-state index contributed by atoms with van der Waals surface area (Å²) in [7, 11) is 3.10. The van der Waals surface area contributed by atoms with Gasteiger partial charge in [0.2, 0.25) is 0 Å². The number of carbonyl (C=O) groups is 1. The summed E-state index contributed by atoms with van der Waals surface area (Å²) >= 11 is 0. The first-order valence-corrected chi connectivity index (χ1v) is 9.25. The second-order valence-corrected chi connectivity index (χ2v) is 6.81. The average molecular weight is 381 g/mol. The minimum absolute atomic E-state index is 0.0798. The van der Waals surface area contributed by atoms with Gasteiger partial charge in [0.1, 0.15) is 0 Å². The number of likely N-dealkylation sites (tertiary alicyclic amines) is 1. The van der Waals surface area contributed by atoms with Crippen LogP contribution in [-0.2, 0) is 4.84 Å². The number of hydrogen-bond donors (Lipinski definition) is 1. The van der Waals surface area contributed by atoms with Crippen LogP contribution in [-0.4, -0.2) is 49.7 Å². The van der Waals surface area contributed by atoms with Crippen molar-refractivity contribution in [3.05, 3.63) is 59.7 Å². The van der Waals surface area contributed by atoms with E-state index in [1.165, 1.54) is 7.11 Å². The summed E-state index contributed by atoms with van der Waals surface area (Å²) in [6, 6.07) is 15.2. The number of nitrogens with zero attached hydrogens (tertiary/aromatic N) is 2. The quantitative estimate of drug-likeness (QED) is 0.881. The summed E-state index contributed by atoms with van der Waals surface area (Å²) < 4.78 is 10.7. The number of amides is 1. The first kappa shape index (κ1) is 18.3. The van der Waals surface area contributed by atoms with E-state index >= 15 is 0 Å². The van der Waals surface area contributed by atoms with Crippen LogP contribution in [0, 0.1) is 0 Å². The summed E-state index contributed by atoms with van der Waals surface area (Å²) in [6.07, 6.45) is 1.24. The normalized spacial score (nSPS) is 17.8. The van der Waals surface area contributed by atoms with Crippen molar-refractivity contribution < 1.29 is 19.1 Å². The van der Waals surface area contributed by atoms with Gasteiger partial charge in [0.05, 0.1) is 19.8 Å². The van der Waals surface area contributed by atoms with Gasteiger partial charge in [-0.15, -0.1) is 0 Å². The predicted molar refractivity (Wildman–Crippen MR) is 105 cm³/mol. The maximum Gasteiger partial charge on any atom is 0.257 e. The van der Waals surface area contributed by atoms with Crippen LogP contribution in [0.5, 0.6) is 11.5 Å². The number of piperidine rings is 1. The Morgan fingerprint density at radius 1 is 1.07 bits per heavy atom. The van der Waals surface area contributed by atoms with Gasteiger partial charge in [-0.2, -0.15) is 0 Å². The zero-order valence-electron chi connectivity index (χ0n) is 16.0. The molecule has 2 aliphatic rings. The third kappa shape index (κ3) is 3.29. The third-order valence-electron chi connectivity index (χ3n) is 5.17. The molecule has 2 aliphatic heterocycles. The second-order valence-electron chi connectivity index (χ2n) is 6.81. The minimum atomic E-state index is -0.625. The molecule has 0 unspecified atom stereocenters. The van der Waals surface area contributed by atoms with Gasteiger partial charge >= 0.3 is 0 Å². The molecular weight excluding hydrogens is 358 g/mol. The van der Waals surface area contributed by atoms with Crippen molar-refractivity contribution in [2.24, 2.45) is 4.99 Å². The van der Waals surface area contributed by atoms with E-state index in [-0.39, 0.29) is 5.91 Å². The summed E-state index contributed by atoms with van der Waals surface area (Å²) in [6.45, 7) is 1.10. The van der Waals surface area contributed by atoms with Crippen molar-refractivity contribution in [2.75, 3.05) is 27.3 Å². The van der Waals surface area contributed by atoms with Gasteiger partial charge < -0.3 is 14.4 Å². The number of benzene rings is 2. The smallest absolute Gasteiger partial charge is 0.257 e. The number of hydrogen-bond acceptors (Lipinski definition) is 6. The second kappa shape index (κ2) is 7.52. The van der Waals surface area contributed by atoms with Crippen molar-refractivity contribution in [3.63, 3.8) is 0 Å². The van der Waals surface area contributed by atoms with Crippen LogP contribution in [0.3, 0.4) is 0 Å². The van der Waals surface area contributed by atoms with Crippen LogP contribution in [0.25, 0.3) is 0 Å². The van der Waals surface area contributed by atoms with Crippen LogP contribution >= 0.6 is 0 Å². The number of para-hydroxylation sites is 1. The van der Waals surface area contributed by atoms with Crippen LogP contribution < -0.4 is 15.0 Å². The lowest BCUT2D eigenvalue weighted by Gasteiger charge is -2.35. The monoisotopic (exact) mass is 381 g/mol. The van der Waals surface area contributed by atoms with Gasteiger partial charge in [0, 0.05) is 31.5 Å². The van der Waals surface area contributed by atoms with Gasteiger partial charge in [-0.05, 0) is 12.1 Å². The zero-order valence-corrected chi connectivity index (χ0v) is 16.0.